The van der Waals surface area contributed by atoms with Gasteiger partial charge >= 0.3 is 0 Å². The molecule has 0 atom stereocenters. The van der Waals surface area contributed by atoms with Gasteiger partial charge in [-0.25, -0.2) is 18.9 Å². The third-order valence-corrected chi connectivity index (χ3v) is 7.55. The average molecular weight is 540 g/mol. The molecule has 1 aromatic carbocycles. The number of piperidine rings is 1. The van der Waals surface area contributed by atoms with Gasteiger partial charge in [-0.15, -0.1) is 11.3 Å². The molecule has 5 rings (SSSR count). The number of thiazole rings is 1. The lowest BCUT2D eigenvalue weighted by atomic mass is 9.98. The Kier molecular flexibility index (Phi) is 8.11. The molecule has 38 heavy (non-hydrogen) atoms. The molecule has 4 heterocycles. The molecule has 0 aliphatic carbocycles. The van der Waals surface area contributed by atoms with Crippen LogP contribution in [0.2, 0.25) is 0 Å². The molecule has 0 saturated carbocycles. The Morgan fingerprint density at radius 2 is 2.13 bits per heavy atom. The van der Waals surface area contributed by atoms with E-state index in [1.165, 1.54) is 29.8 Å². The molecule has 10 nitrogen and oxygen atoms in total. The summed E-state index contributed by atoms with van der Waals surface area (Å²) in [5.41, 5.74) is 2.11. The number of halogens is 1. The third kappa shape index (κ3) is 6.26. The first-order valence-electron chi connectivity index (χ1n) is 12.5. The van der Waals surface area contributed by atoms with Gasteiger partial charge in [0, 0.05) is 35.5 Å². The second-order valence-electron chi connectivity index (χ2n) is 9.33. The fourth-order valence-corrected chi connectivity index (χ4v) is 5.34. The minimum Gasteiger partial charge on any atom is -0.490 e. The van der Waals surface area contributed by atoms with E-state index in [1.807, 2.05) is 13.1 Å². The zero-order chi connectivity index (χ0) is 26.5. The van der Waals surface area contributed by atoms with E-state index in [1.54, 1.807) is 22.8 Å². The number of benzene rings is 1. The van der Waals surface area contributed by atoms with Gasteiger partial charge in [-0.1, -0.05) is 6.07 Å². The van der Waals surface area contributed by atoms with Crippen molar-refractivity contribution in [3.63, 3.8) is 0 Å². The van der Waals surface area contributed by atoms with E-state index in [0.717, 1.165) is 54.2 Å². The van der Waals surface area contributed by atoms with Gasteiger partial charge in [0.2, 0.25) is 5.91 Å². The van der Waals surface area contributed by atoms with Crippen molar-refractivity contribution >= 4 is 39.4 Å². The normalized spacial score (nSPS) is 14.6. The van der Waals surface area contributed by atoms with Crippen molar-refractivity contribution in [3.8, 4) is 5.75 Å². The zero-order valence-electron chi connectivity index (χ0n) is 21.1. The predicted molar refractivity (Wildman–Crippen MR) is 144 cm³/mol. The number of nitrogens with one attached hydrogen (secondary N) is 2. The summed E-state index contributed by atoms with van der Waals surface area (Å²) in [6.07, 6.45) is 7.11. The van der Waals surface area contributed by atoms with Crippen molar-refractivity contribution in [2.45, 2.75) is 26.2 Å². The number of aromatic nitrogens is 4. The molecule has 3 aromatic heterocycles. The van der Waals surface area contributed by atoms with Crippen LogP contribution < -0.4 is 15.4 Å². The molecular weight excluding hydrogens is 509 g/mol. The Hall–Kier alpha value is -3.61. The van der Waals surface area contributed by atoms with Crippen LogP contribution in [-0.2, 0) is 11.2 Å². The summed E-state index contributed by atoms with van der Waals surface area (Å²) < 4.78 is 21.2. The standard InChI is InChI=1S/C26H30FN7O3S/c1-17-22(37-10-9-33-7-5-18(15-35)6-8-33)14-34-24(17)25(29-16-30-34)32-26-28-13-21(38-26)12-23(36)31-20-4-2-3-19(27)11-20/h2-4,11,13-14,16,18,35H,5-10,12,15H2,1H3,(H,31,36)(H,28,29,30,32). The van der Waals surface area contributed by atoms with Crippen LogP contribution in [0.3, 0.4) is 0 Å². The van der Waals surface area contributed by atoms with Gasteiger partial charge < -0.3 is 20.5 Å². The maximum Gasteiger partial charge on any atom is 0.229 e. The molecule has 4 aromatic rings. The third-order valence-electron chi connectivity index (χ3n) is 6.63. The second kappa shape index (κ2) is 11.8. The largest absolute Gasteiger partial charge is 0.490 e. The van der Waals surface area contributed by atoms with Crippen molar-refractivity contribution in [3.05, 3.63) is 59.2 Å². The predicted octanol–water partition coefficient (Wildman–Crippen LogP) is 3.64. The highest BCUT2D eigenvalue weighted by atomic mass is 32.1. The Morgan fingerprint density at radius 1 is 1.29 bits per heavy atom. The summed E-state index contributed by atoms with van der Waals surface area (Å²) in [6, 6.07) is 5.79. The maximum atomic E-state index is 13.4. The molecule has 0 spiro atoms. The van der Waals surface area contributed by atoms with Crippen molar-refractivity contribution in [1.82, 2.24) is 24.5 Å². The highest BCUT2D eigenvalue weighted by Crippen LogP contribution is 2.31. The number of rotatable bonds is 10. The Balaban J connectivity index is 1.20. The van der Waals surface area contributed by atoms with Crippen LogP contribution in [0.4, 0.5) is 21.0 Å². The quantitative estimate of drug-likeness (QED) is 0.280. The van der Waals surface area contributed by atoms with E-state index >= 15 is 0 Å². The van der Waals surface area contributed by atoms with Crippen LogP contribution in [0.25, 0.3) is 5.52 Å². The van der Waals surface area contributed by atoms with E-state index in [2.05, 4.69) is 30.6 Å². The number of aryl methyl sites for hydroxylation is 1. The van der Waals surface area contributed by atoms with Crippen molar-refractivity contribution in [2.24, 2.45) is 5.92 Å². The Bertz CT molecular complexity index is 1400. The molecule has 1 amide bonds. The fraction of sp³-hybridized carbons (Fsp3) is 0.385. The van der Waals surface area contributed by atoms with E-state index in [4.69, 9.17) is 4.74 Å². The topological polar surface area (TPSA) is 117 Å². The number of carbonyl (C=O) groups excluding carboxylic acids is 1. The zero-order valence-corrected chi connectivity index (χ0v) is 21.9. The number of nitrogens with zero attached hydrogens (tertiary/aromatic N) is 5. The molecule has 1 fully saturated rings. The average Bonchev–Trinajstić information content (AvgIpc) is 3.48. The number of fused-ring (bicyclic) bond motifs is 1. The van der Waals surface area contributed by atoms with Crippen LogP contribution in [0.5, 0.6) is 5.75 Å². The lowest BCUT2D eigenvalue weighted by Crippen LogP contribution is -2.37. The maximum absolute atomic E-state index is 13.4. The molecule has 0 unspecified atom stereocenters. The number of hydrogen-bond donors (Lipinski definition) is 3. The van der Waals surface area contributed by atoms with Crippen molar-refractivity contribution in [2.75, 3.05) is 43.5 Å². The monoisotopic (exact) mass is 539 g/mol. The molecule has 1 saturated heterocycles. The van der Waals surface area contributed by atoms with Gasteiger partial charge in [0.05, 0.1) is 12.6 Å². The van der Waals surface area contributed by atoms with E-state index in [0.29, 0.717) is 29.2 Å². The van der Waals surface area contributed by atoms with Crippen LogP contribution in [-0.4, -0.2) is 68.3 Å². The number of carbonyl (C=O) groups is 1. The molecule has 12 heteroatoms. The van der Waals surface area contributed by atoms with E-state index in [-0.39, 0.29) is 18.9 Å². The van der Waals surface area contributed by atoms with Crippen LogP contribution >= 0.6 is 11.3 Å². The lowest BCUT2D eigenvalue weighted by Gasteiger charge is -2.30. The number of amides is 1. The van der Waals surface area contributed by atoms with Gasteiger partial charge in [0.25, 0.3) is 0 Å². The highest BCUT2D eigenvalue weighted by Gasteiger charge is 2.19. The Morgan fingerprint density at radius 3 is 2.92 bits per heavy atom. The van der Waals surface area contributed by atoms with Gasteiger partial charge in [-0.2, -0.15) is 5.10 Å². The highest BCUT2D eigenvalue weighted by molar-refractivity contribution is 7.15. The second-order valence-corrected chi connectivity index (χ2v) is 10.4. The molecule has 0 bridgehead atoms. The number of anilines is 3. The SMILES string of the molecule is Cc1c(OCCN2CCC(CO)CC2)cn2ncnc(Nc3ncc(CC(=O)Nc4cccc(F)c4)s3)c12. The number of aliphatic hydroxyl groups excluding tert-OH is 1. The number of hydrogen-bond acceptors (Lipinski definition) is 9. The van der Waals surface area contributed by atoms with Crippen LogP contribution in [0.1, 0.15) is 23.3 Å². The summed E-state index contributed by atoms with van der Waals surface area (Å²) in [6.45, 7) is 5.59. The molecule has 1 aliphatic heterocycles. The number of ether oxygens (including phenoxy) is 1. The lowest BCUT2D eigenvalue weighted by molar-refractivity contribution is -0.115. The summed E-state index contributed by atoms with van der Waals surface area (Å²) in [7, 11) is 0. The molecule has 0 radical (unpaired) electrons. The summed E-state index contributed by atoms with van der Waals surface area (Å²) in [5.74, 6) is 1.09. The van der Waals surface area contributed by atoms with Crippen molar-refractivity contribution in [1.29, 1.82) is 0 Å². The fourth-order valence-electron chi connectivity index (χ4n) is 4.53. The number of aliphatic hydroxyl groups is 1. The molecule has 200 valence electrons. The van der Waals surface area contributed by atoms with Crippen LogP contribution in [0.15, 0.2) is 43.0 Å². The Labute approximate surface area is 223 Å². The first kappa shape index (κ1) is 26.0. The van der Waals surface area contributed by atoms with E-state index in [9.17, 15) is 14.3 Å². The minimum absolute atomic E-state index is 0.120. The number of likely N-dealkylation sites (tertiary alicyclic amines) is 1. The summed E-state index contributed by atoms with van der Waals surface area (Å²) in [4.78, 5) is 24.3. The van der Waals surface area contributed by atoms with Crippen LogP contribution in [0, 0.1) is 18.7 Å². The molecular formula is C26H30FN7O3S. The summed E-state index contributed by atoms with van der Waals surface area (Å²) >= 11 is 1.34. The van der Waals surface area contributed by atoms with Gasteiger partial charge in [-0.05, 0) is 57.0 Å². The first-order valence-corrected chi connectivity index (χ1v) is 13.4. The summed E-state index contributed by atoms with van der Waals surface area (Å²) in [5, 5.41) is 20.2. The van der Waals surface area contributed by atoms with Gasteiger partial charge in [0.15, 0.2) is 10.9 Å². The van der Waals surface area contributed by atoms with Gasteiger partial charge in [0.1, 0.15) is 30.0 Å². The molecule has 1 aliphatic rings. The van der Waals surface area contributed by atoms with E-state index < -0.39 is 5.82 Å². The first-order chi connectivity index (χ1) is 18.5. The smallest absolute Gasteiger partial charge is 0.229 e. The minimum atomic E-state index is -0.406. The van der Waals surface area contributed by atoms with Gasteiger partial charge in [-0.3, -0.25) is 9.69 Å². The molecule has 3 N–H and O–H groups in total. The van der Waals surface area contributed by atoms with Crippen molar-refractivity contribution < 1.29 is 19.0 Å².